The first kappa shape index (κ1) is 19.4. The lowest BCUT2D eigenvalue weighted by Gasteiger charge is -2.13. The SMILES string of the molecule is C=CCNC(=O)C(C)Sc1nnc(-c2ccc(Br)o2)n1Cc1ccccc1. The van der Waals surface area contributed by atoms with Crippen LogP contribution in [0.1, 0.15) is 12.5 Å². The molecule has 0 bridgehead atoms. The fourth-order valence-corrected chi connectivity index (χ4v) is 3.61. The van der Waals surface area contributed by atoms with Gasteiger partial charge in [-0.05, 0) is 40.5 Å². The molecule has 0 aliphatic carbocycles. The summed E-state index contributed by atoms with van der Waals surface area (Å²) in [5.74, 6) is 1.16. The van der Waals surface area contributed by atoms with Gasteiger partial charge in [0.2, 0.25) is 11.7 Å². The van der Waals surface area contributed by atoms with Gasteiger partial charge >= 0.3 is 0 Å². The van der Waals surface area contributed by atoms with E-state index in [1.807, 2.05) is 54.0 Å². The summed E-state index contributed by atoms with van der Waals surface area (Å²) in [4.78, 5) is 12.2. The summed E-state index contributed by atoms with van der Waals surface area (Å²) in [6, 6.07) is 13.7. The Balaban J connectivity index is 1.90. The highest BCUT2D eigenvalue weighted by Crippen LogP contribution is 2.29. The standard InChI is InChI=1S/C19H19BrN4O2S/c1-3-11-21-18(25)13(2)27-19-23-22-17(15-9-10-16(20)26-15)24(19)12-14-7-5-4-6-8-14/h3-10,13H,1,11-12H2,2H3,(H,21,25). The van der Waals surface area contributed by atoms with E-state index in [-0.39, 0.29) is 11.2 Å². The molecule has 0 saturated heterocycles. The van der Waals surface area contributed by atoms with Gasteiger partial charge in [0.05, 0.1) is 11.8 Å². The molecule has 0 saturated carbocycles. The zero-order chi connectivity index (χ0) is 19.2. The lowest BCUT2D eigenvalue weighted by atomic mass is 10.2. The molecule has 1 atom stereocenters. The number of aromatic nitrogens is 3. The van der Waals surface area contributed by atoms with Crippen LogP contribution in [0.2, 0.25) is 0 Å². The number of carbonyl (C=O) groups excluding carboxylic acids is 1. The molecular formula is C19H19BrN4O2S. The van der Waals surface area contributed by atoms with Crippen molar-refractivity contribution in [1.82, 2.24) is 20.1 Å². The summed E-state index contributed by atoms with van der Waals surface area (Å²) in [6.07, 6.45) is 1.65. The number of hydrogen-bond acceptors (Lipinski definition) is 5. The molecule has 1 N–H and O–H groups in total. The first-order chi connectivity index (χ1) is 13.1. The molecule has 0 aliphatic heterocycles. The normalized spacial score (nSPS) is 11.9. The quantitative estimate of drug-likeness (QED) is 0.415. The highest BCUT2D eigenvalue weighted by Gasteiger charge is 2.22. The summed E-state index contributed by atoms with van der Waals surface area (Å²) >= 11 is 4.68. The van der Waals surface area contributed by atoms with E-state index in [1.165, 1.54) is 11.8 Å². The third kappa shape index (κ3) is 4.90. The number of nitrogens with zero attached hydrogens (tertiary/aromatic N) is 3. The van der Waals surface area contributed by atoms with Crippen LogP contribution in [0.5, 0.6) is 0 Å². The molecule has 27 heavy (non-hydrogen) atoms. The largest absolute Gasteiger partial charge is 0.446 e. The number of hydrogen-bond donors (Lipinski definition) is 1. The number of nitrogens with one attached hydrogen (secondary N) is 1. The molecule has 6 nitrogen and oxygen atoms in total. The molecule has 1 unspecified atom stereocenters. The van der Waals surface area contributed by atoms with E-state index in [0.29, 0.717) is 34.5 Å². The fourth-order valence-electron chi connectivity index (χ4n) is 2.43. The molecule has 2 aromatic heterocycles. The minimum atomic E-state index is -0.320. The van der Waals surface area contributed by atoms with E-state index in [0.717, 1.165) is 5.56 Å². The van der Waals surface area contributed by atoms with Gasteiger partial charge in [0.1, 0.15) is 0 Å². The summed E-state index contributed by atoms with van der Waals surface area (Å²) in [5, 5.41) is 11.7. The van der Waals surface area contributed by atoms with Gasteiger partial charge in [0.15, 0.2) is 15.6 Å². The second kappa shape index (κ2) is 9.05. The molecule has 2 heterocycles. The van der Waals surface area contributed by atoms with E-state index in [9.17, 15) is 4.79 Å². The number of furan rings is 1. The summed E-state index contributed by atoms with van der Waals surface area (Å²) < 4.78 is 8.24. The Hall–Kier alpha value is -2.32. The van der Waals surface area contributed by atoms with Gasteiger partial charge in [-0.25, -0.2) is 0 Å². The van der Waals surface area contributed by atoms with E-state index < -0.39 is 0 Å². The lowest BCUT2D eigenvalue weighted by Crippen LogP contribution is -2.31. The maximum Gasteiger partial charge on any atom is 0.233 e. The fraction of sp³-hybridized carbons (Fsp3) is 0.211. The van der Waals surface area contributed by atoms with Gasteiger partial charge in [-0.15, -0.1) is 16.8 Å². The topological polar surface area (TPSA) is 73.0 Å². The molecule has 3 aromatic rings. The van der Waals surface area contributed by atoms with Crippen LogP contribution in [0.15, 0.2) is 69.4 Å². The van der Waals surface area contributed by atoms with Crippen molar-refractivity contribution < 1.29 is 9.21 Å². The maximum atomic E-state index is 12.2. The van der Waals surface area contributed by atoms with Crippen LogP contribution in [0.3, 0.4) is 0 Å². The monoisotopic (exact) mass is 446 g/mol. The zero-order valence-corrected chi connectivity index (χ0v) is 17.2. The molecule has 3 rings (SSSR count). The summed E-state index contributed by atoms with van der Waals surface area (Å²) in [5.41, 5.74) is 1.11. The Kier molecular flexibility index (Phi) is 6.52. The minimum Gasteiger partial charge on any atom is -0.446 e. The van der Waals surface area contributed by atoms with Gasteiger partial charge < -0.3 is 9.73 Å². The number of carbonyl (C=O) groups is 1. The first-order valence-corrected chi connectivity index (χ1v) is 10.0. The molecule has 0 fully saturated rings. The molecule has 0 spiro atoms. The van der Waals surface area contributed by atoms with E-state index in [4.69, 9.17) is 4.42 Å². The third-order valence-electron chi connectivity index (χ3n) is 3.77. The highest BCUT2D eigenvalue weighted by atomic mass is 79.9. The predicted octanol–water partition coefficient (Wildman–Crippen LogP) is 4.13. The van der Waals surface area contributed by atoms with Gasteiger partial charge in [-0.2, -0.15) is 0 Å². The number of rotatable bonds is 8. The Bertz CT molecular complexity index is 923. The van der Waals surface area contributed by atoms with Crippen LogP contribution in [0.25, 0.3) is 11.6 Å². The number of amides is 1. The smallest absolute Gasteiger partial charge is 0.233 e. The van der Waals surface area contributed by atoms with Crippen LogP contribution < -0.4 is 5.32 Å². The third-order valence-corrected chi connectivity index (χ3v) is 5.27. The average molecular weight is 447 g/mol. The Morgan fingerprint density at radius 1 is 1.33 bits per heavy atom. The Morgan fingerprint density at radius 2 is 2.11 bits per heavy atom. The summed E-state index contributed by atoms with van der Waals surface area (Å²) in [6.45, 7) is 6.47. The van der Waals surface area contributed by atoms with Gasteiger partial charge in [-0.3, -0.25) is 9.36 Å². The van der Waals surface area contributed by atoms with Crippen LogP contribution in [0, 0.1) is 0 Å². The van der Waals surface area contributed by atoms with Crippen LogP contribution in [0.4, 0.5) is 0 Å². The Morgan fingerprint density at radius 3 is 2.78 bits per heavy atom. The predicted molar refractivity (Wildman–Crippen MR) is 109 cm³/mol. The van der Waals surface area contributed by atoms with E-state index >= 15 is 0 Å². The van der Waals surface area contributed by atoms with Crippen molar-refractivity contribution in [1.29, 1.82) is 0 Å². The second-order valence-corrected chi connectivity index (χ2v) is 7.87. The lowest BCUT2D eigenvalue weighted by molar-refractivity contribution is -0.120. The van der Waals surface area contributed by atoms with E-state index in [1.54, 1.807) is 6.08 Å². The van der Waals surface area contributed by atoms with Crippen molar-refractivity contribution in [3.05, 3.63) is 65.4 Å². The van der Waals surface area contributed by atoms with Crippen molar-refractivity contribution in [2.75, 3.05) is 6.54 Å². The number of benzene rings is 1. The van der Waals surface area contributed by atoms with Gasteiger partial charge in [0.25, 0.3) is 0 Å². The van der Waals surface area contributed by atoms with Crippen molar-refractivity contribution in [2.24, 2.45) is 0 Å². The molecule has 0 radical (unpaired) electrons. The highest BCUT2D eigenvalue weighted by molar-refractivity contribution is 9.10. The molecule has 1 amide bonds. The van der Waals surface area contributed by atoms with Crippen molar-refractivity contribution in [3.63, 3.8) is 0 Å². The molecule has 1 aromatic carbocycles. The van der Waals surface area contributed by atoms with Crippen LogP contribution >= 0.6 is 27.7 Å². The second-order valence-electron chi connectivity index (χ2n) is 5.78. The van der Waals surface area contributed by atoms with Crippen LogP contribution in [-0.2, 0) is 11.3 Å². The minimum absolute atomic E-state index is 0.0727. The molecular weight excluding hydrogens is 428 g/mol. The first-order valence-electron chi connectivity index (χ1n) is 8.36. The van der Waals surface area contributed by atoms with E-state index in [2.05, 4.69) is 38.0 Å². The number of thioether (sulfide) groups is 1. The average Bonchev–Trinajstić information content (AvgIpc) is 3.27. The van der Waals surface area contributed by atoms with Crippen molar-refractivity contribution in [2.45, 2.75) is 23.9 Å². The van der Waals surface area contributed by atoms with Crippen molar-refractivity contribution in [3.8, 4) is 11.6 Å². The molecule has 0 aliphatic rings. The number of halogens is 1. The van der Waals surface area contributed by atoms with Crippen molar-refractivity contribution >= 4 is 33.6 Å². The molecule has 8 heteroatoms. The zero-order valence-electron chi connectivity index (χ0n) is 14.8. The van der Waals surface area contributed by atoms with Gasteiger partial charge in [-0.1, -0.05) is 48.2 Å². The summed E-state index contributed by atoms with van der Waals surface area (Å²) in [7, 11) is 0. The van der Waals surface area contributed by atoms with Gasteiger partial charge in [0, 0.05) is 6.54 Å². The molecule has 140 valence electrons. The van der Waals surface area contributed by atoms with Crippen LogP contribution in [-0.4, -0.2) is 32.5 Å². The Labute approximate surface area is 170 Å². The maximum absolute atomic E-state index is 12.2.